The molecule has 0 heterocycles. The summed E-state index contributed by atoms with van der Waals surface area (Å²) in [6.07, 6.45) is -0.547. The third-order valence-electron chi connectivity index (χ3n) is 2.56. The fraction of sp³-hybridized carbons (Fsp3) is 0.385. The highest BCUT2D eigenvalue weighted by atomic mass is 16.4. The van der Waals surface area contributed by atoms with E-state index >= 15 is 0 Å². The lowest BCUT2D eigenvalue weighted by Gasteiger charge is -2.24. The van der Waals surface area contributed by atoms with Gasteiger partial charge in [0.2, 0.25) is 5.91 Å². The largest absolute Gasteiger partial charge is 0.481 e. The first-order chi connectivity index (χ1) is 8.82. The monoisotopic (exact) mass is 265 g/mol. The van der Waals surface area contributed by atoms with Crippen LogP contribution >= 0.6 is 0 Å². The average molecular weight is 265 g/mol. The lowest BCUT2D eigenvalue weighted by atomic mass is 10.2. The van der Waals surface area contributed by atoms with E-state index in [0.29, 0.717) is 5.69 Å². The van der Waals surface area contributed by atoms with Crippen molar-refractivity contribution in [2.75, 3.05) is 43.3 Å². The molecule has 104 valence electrons. The number of para-hydroxylation sites is 1. The number of amides is 1. The summed E-state index contributed by atoms with van der Waals surface area (Å²) in [5, 5.41) is 11.3. The lowest BCUT2D eigenvalue weighted by molar-refractivity contribution is -0.139. The third kappa shape index (κ3) is 3.87. The van der Waals surface area contributed by atoms with Gasteiger partial charge in [-0.3, -0.25) is 9.59 Å². The van der Waals surface area contributed by atoms with Crippen molar-refractivity contribution in [3.05, 3.63) is 18.2 Å². The first-order valence-corrected chi connectivity index (χ1v) is 5.82. The van der Waals surface area contributed by atoms with Crippen LogP contribution in [0.3, 0.4) is 0 Å². The van der Waals surface area contributed by atoms with Crippen LogP contribution < -0.4 is 15.1 Å². The Morgan fingerprint density at radius 1 is 1.11 bits per heavy atom. The standard InChI is InChI=1S/C13H19N3O3/c1-15(2)9-6-5-7-10(16(3)4)13(9)14-11(17)8-12(18)19/h5-7H,8H2,1-4H3,(H,14,17)(H,18,19). The van der Waals surface area contributed by atoms with Crippen LogP contribution in [0.15, 0.2) is 18.2 Å². The number of hydrogen-bond acceptors (Lipinski definition) is 4. The van der Waals surface area contributed by atoms with Crippen LogP contribution in [0.1, 0.15) is 6.42 Å². The van der Waals surface area contributed by atoms with E-state index in [9.17, 15) is 9.59 Å². The maximum Gasteiger partial charge on any atom is 0.312 e. The molecule has 0 aliphatic carbocycles. The lowest BCUT2D eigenvalue weighted by Crippen LogP contribution is -2.21. The molecule has 0 spiro atoms. The second-order valence-corrected chi connectivity index (χ2v) is 4.58. The van der Waals surface area contributed by atoms with E-state index in [1.54, 1.807) is 0 Å². The Kier molecular flexibility index (Phi) is 4.74. The summed E-state index contributed by atoms with van der Waals surface area (Å²) < 4.78 is 0. The SMILES string of the molecule is CN(C)c1cccc(N(C)C)c1NC(=O)CC(=O)O. The zero-order valence-electron chi connectivity index (χ0n) is 11.6. The Morgan fingerprint density at radius 3 is 1.95 bits per heavy atom. The number of nitrogens with zero attached hydrogens (tertiary/aromatic N) is 2. The van der Waals surface area contributed by atoms with Gasteiger partial charge in [-0.05, 0) is 12.1 Å². The highest BCUT2D eigenvalue weighted by molar-refractivity contribution is 6.05. The Hall–Kier alpha value is -2.24. The number of carboxylic acid groups (broad SMARTS) is 1. The van der Waals surface area contributed by atoms with Crippen molar-refractivity contribution < 1.29 is 14.7 Å². The molecule has 0 saturated carbocycles. The molecule has 0 atom stereocenters. The number of carbonyl (C=O) groups excluding carboxylic acids is 1. The second-order valence-electron chi connectivity index (χ2n) is 4.58. The minimum absolute atomic E-state index is 0.537. The molecule has 6 nitrogen and oxygen atoms in total. The van der Waals surface area contributed by atoms with Crippen LogP contribution in [0.4, 0.5) is 17.1 Å². The van der Waals surface area contributed by atoms with Crippen LogP contribution in [0, 0.1) is 0 Å². The molecular formula is C13H19N3O3. The molecule has 1 amide bonds. The number of carboxylic acids is 1. The van der Waals surface area contributed by atoms with Gasteiger partial charge in [-0.15, -0.1) is 0 Å². The van der Waals surface area contributed by atoms with Crippen molar-refractivity contribution in [2.45, 2.75) is 6.42 Å². The maximum absolute atomic E-state index is 11.6. The summed E-state index contributed by atoms with van der Waals surface area (Å²) >= 11 is 0. The van der Waals surface area contributed by atoms with Crippen LogP contribution in [0.25, 0.3) is 0 Å². The molecule has 0 aromatic heterocycles. The van der Waals surface area contributed by atoms with Gasteiger partial charge < -0.3 is 20.2 Å². The fourth-order valence-corrected chi connectivity index (χ4v) is 1.72. The molecule has 19 heavy (non-hydrogen) atoms. The smallest absolute Gasteiger partial charge is 0.312 e. The summed E-state index contributed by atoms with van der Waals surface area (Å²) in [5.41, 5.74) is 2.26. The Morgan fingerprint density at radius 2 is 1.58 bits per heavy atom. The Labute approximate surface area is 112 Å². The summed E-state index contributed by atoms with van der Waals surface area (Å²) in [5.74, 6) is -1.68. The minimum atomic E-state index is -1.15. The van der Waals surface area contributed by atoms with Crippen LogP contribution in [-0.4, -0.2) is 45.2 Å². The molecule has 2 N–H and O–H groups in total. The quantitative estimate of drug-likeness (QED) is 0.783. The molecule has 0 unspecified atom stereocenters. The number of aliphatic carboxylic acids is 1. The predicted molar refractivity (Wildman–Crippen MR) is 76.0 cm³/mol. The molecule has 1 aromatic rings. The maximum atomic E-state index is 11.6. The van der Waals surface area contributed by atoms with E-state index in [4.69, 9.17) is 5.11 Å². The highest BCUT2D eigenvalue weighted by Crippen LogP contribution is 2.34. The normalized spacial score (nSPS) is 9.89. The Balaban J connectivity index is 3.14. The number of hydrogen-bond donors (Lipinski definition) is 2. The third-order valence-corrected chi connectivity index (χ3v) is 2.56. The molecule has 0 saturated heterocycles. The summed E-state index contributed by atoms with van der Waals surface area (Å²) in [6.45, 7) is 0. The minimum Gasteiger partial charge on any atom is -0.481 e. The molecule has 0 radical (unpaired) electrons. The van der Waals surface area contributed by atoms with Crippen molar-refractivity contribution in [3.63, 3.8) is 0 Å². The first-order valence-electron chi connectivity index (χ1n) is 5.82. The van der Waals surface area contributed by atoms with E-state index < -0.39 is 18.3 Å². The molecule has 0 aliphatic heterocycles. The molecule has 0 aliphatic rings. The number of rotatable bonds is 5. The van der Waals surface area contributed by atoms with Crippen molar-refractivity contribution >= 4 is 28.9 Å². The molecule has 0 fully saturated rings. The van der Waals surface area contributed by atoms with Gasteiger partial charge in [0.15, 0.2) is 0 Å². The van der Waals surface area contributed by atoms with E-state index in [0.717, 1.165) is 11.4 Å². The van der Waals surface area contributed by atoms with Gasteiger partial charge in [0, 0.05) is 28.2 Å². The molecule has 1 aromatic carbocycles. The van der Waals surface area contributed by atoms with Crippen LogP contribution in [0.2, 0.25) is 0 Å². The van der Waals surface area contributed by atoms with Crippen molar-refractivity contribution in [3.8, 4) is 0 Å². The van der Waals surface area contributed by atoms with E-state index in [-0.39, 0.29) is 0 Å². The van der Waals surface area contributed by atoms with Crippen molar-refractivity contribution in [1.29, 1.82) is 0 Å². The summed E-state index contributed by atoms with van der Waals surface area (Å²) in [7, 11) is 7.45. The van der Waals surface area contributed by atoms with Gasteiger partial charge in [-0.1, -0.05) is 6.07 Å². The van der Waals surface area contributed by atoms with Gasteiger partial charge in [0.05, 0.1) is 17.1 Å². The van der Waals surface area contributed by atoms with Gasteiger partial charge in [-0.2, -0.15) is 0 Å². The number of nitrogens with one attached hydrogen (secondary N) is 1. The van der Waals surface area contributed by atoms with Crippen molar-refractivity contribution in [1.82, 2.24) is 0 Å². The first kappa shape index (κ1) is 14.8. The van der Waals surface area contributed by atoms with Crippen LogP contribution in [-0.2, 0) is 9.59 Å². The van der Waals surface area contributed by atoms with Crippen molar-refractivity contribution in [2.24, 2.45) is 0 Å². The number of carbonyl (C=O) groups is 2. The molecular weight excluding hydrogens is 246 g/mol. The topological polar surface area (TPSA) is 72.9 Å². The van der Waals surface area contributed by atoms with E-state index in [1.807, 2.05) is 56.2 Å². The molecule has 1 rings (SSSR count). The number of anilines is 3. The highest BCUT2D eigenvalue weighted by Gasteiger charge is 2.15. The van der Waals surface area contributed by atoms with Gasteiger partial charge in [0.25, 0.3) is 0 Å². The average Bonchev–Trinajstić information content (AvgIpc) is 2.27. The fourth-order valence-electron chi connectivity index (χ4n) is 1.72. The van der Waals surface area contributed by atoms with Gasteiger partial charge >= 0.3 is 5.97 Å². The zero-order chi connectivity index (χ0) is 14.6. The van der Waals surface area contributed by atoms with Gasteiger partial charge in [-0.25, -0.2) is 0 Å². The molecule has 6 heteroatoms. The second kappa shape index (κ2) is 6.08. The molecule has 0 bridgehead atoms. The van der Waals surface area contributed by atoms with Gasteiger partial charge in [0.1, 0.15) is 6.42 Å². The Bertz CT molecular complexity index is 458. The zero-order valence-corrected chi connectivity index (χ0v) is 11.6. The van der Waals surface area contributed by atoms with E-state index in [1.165, 1.54) is 0 Å². The predicted octanol–water partition coefficient (Wildman–Crippen LogP) is 1.23. The summed E-state index contributed by atoms with van der Waals surface area (Å²) in [6, 6.07) is 5.62. The van der Waals surface area contributed by atoms with Crippen LogP contribution in [0.5, 0.6) is 0 Å². The summed E-state index contributed by atoms with van der Waals surface area (Å²) in [4.78, 5) is 25.9. The van der Waals surface area contributed by atoms with E-state index in [2.05, 4.69) is 5.32 Å². The number of benzene rings is 1.